The summed E-state index contributed by atoms with van der Waals surface area (Å²) in [6.45, 7) is -0.547. The Morgan fingerprint density at radius 2 is 1.26 bits per heavy atom. The van der Waals surface area contributed by atoms with Gasteiger partial charge in [0.25, 0.3) is 0 Å². The Morgan fingerprint density at radius 3 is 1.65 bits per heavy atom. The van der Waals surface area contributed by atoms with E-state index in [0.717, 1.165) is 33.4 Å². The van der Waals surface area contributed by atoms with Crippen LogP contribution in [0.1, 0.15) is 39.3 Å². The van der Waals surface area contributed by atoms with E-state index in [1.807, 2.05) is 72.8 Å². The largest absolute Gasteiger partial charge is 0.465 e. The topological polar surface area (TPSA) is 80.7 Å². The molecule has 0 saturated carbocycles. The zero-order valence-corrected chi connectivity index (χ0v) is 16.8. The van der Waals surface area contributed by atoms with Gasteiger partial charge in [0.1, 0.15) is 6.61 Å². The Bertz CT molecular complexity index is 1220. The van der Waals surface area contributed by atoms with Gasteiger partial charge in [0.05, 0.1) is 5.41 Å². The molecule has 1 N–H and O–H groups in total. The van der Waals surface area contributed by atoms with Crippen LogP contribution in [0.25, 0.3) is 0 Å². The molecular weight excluding hydrogens is 426 g/mol. The lowest BCUT2D eigenvalue weighted by Crippen LogP contribution is -2.47. The highest BCUT2D eigenvalue weighted by Gasteiger charge is 2.57. The predicted octanol–water partition coefficient (Wildman–Crippen LogP) is 3.85. The molecule has 0 atom stereocenters. The highest BCUT2D eigenvalue weighted by atomic mass is 32.2. The van der Waals surface area contributed by atoms with Crippen LogP contribution >= 0.6 is 0 Å². The maximum Gasteiger partial charge on any atom is 0.465 e. The fraction of sp³-hybridized carbons (Fsp3) is 0.174. The highest BCUT2D eigenvalue weighted by molar-refractivity contribution is 7.87. The summed E-state index contributed by atoms with van der Waals surface area (Å²) in [5.74, 6) is -2.37. The minimum atomic E-state index is -5.96. The molecule has 3 aliphatic rings. The maximum atomic E-state index is 13.9. The third-order valence-corrected chi connectivity index (χ3v) is 6.99. The van der Waals surface area contributed by atoms with Crippen LogP contribution in [0, 0.1) is 0 Å². The molecule has 0 aliphatic heterocycles. The second-order valence-electron chi connectivity index (χ2n) is 7.67. The smallest absolute Gasteiger partial charge is 0.459 e. The summed E-state index contributed by atoms with van der Waals surface area (Å²) in [6.07, 6.45) is 0. The van der Waals surface area contributed by atoms with Gasteiger partial charge in [0.15, 0.2) is 0 Å². The van der Waals surface area contributed by atoms with Gasteiger partial charge in [-0.25, -0.2) is 4.79 Å². The van der Waals surface area contributed by atoms with Gasteiger partial charge >= 0.3 is 21.3 Å². The van der Waals surface area contributed by atoms with E-state index in [0.29, 0.717) is 0 Å². The minimum absolute atomic E-state index is 0.0552. The molecule has 31 heavy (non-hydrogen) atoms. The molecule has 158 valence electrons. The number of alkyl halides is 2. The molecule has 0 unspecified atom stereocenters. The molecule has 5 nitrogen and oxygen atoms in total. The lowest BCUT2D eigenvalue weighted by atomic mass is 9.53. The van der Waals surface area contributed by atoms with Crippen LogP contribution in [-0.2, 0) is 25.1 Å². The van der Waals surface area contributed by atoms with E-state index in [4.69, 9.17) is 9.29 Å². The third-order valence-electron chi connectivity index (χ3n) is 6.18. The summed E-state index contributed by atoms with van der Waals surface area (Å²) in [5, 5.41) is -5.06. The molecule has 0 spiro atoms. The van der Waals surface area contributed by atoms with Crippen molar-refractivity contribution < 1.29 is 31.3 Å². The van der Waals surface area contributed by atoms with Crippen molar-refractivity contribution in [3.8, 4) is 0 Å². The Balaban J connectivity index is 1.72. The Morgan fingerprint density at radius 1 is 0.871 bits per heavy atom. The molecule has 0 radical (unpaired) electrons. The van der Waals surface area contributed by atoms with Crippen LogP contribution in [0.5, 0.6) is 0 Å². The zero-order valence-electron chi connectivity index (χ0n) is 16.0. The van der Waals surface area contributed by atoms with Crippen LogP contribution < -0.4 is 0 Å². The summed E-state index contributed by atoms with van der Waals surface area (Å²) >= 11 is 0. The van der Waals surface area contributed by atoms with Crippen molar-refractivity contribution >= 4 is 16.1 Å². The van der Waals surface area contributed by atoms with Crippen LogP contribution in [0.3, 0.4) is 0 Å². The number of hydrogen-bond donors (Lipinski definition) is 1. The molecule has 8 heteroatoms. The van der Waals surface area contributed by atoms with E-state index in [-0.39, 0.29) is 5.92 Å². The number of hydrogen-bond acceptors (Lipinski definition) is 4. The van der Waals surface area contributed by atoms with Crippen LogP contribution in [0.4, 0.5) is 8.78 Å². The van der Waals surface area contributed by atoms with Gasteiger partial charge in [-0.3, -0.25) is 4.55 Å². The van der Waals surface area contributed by atoms with Gasteiger partial charge < -0.3 is 4.74 Å². The van der Waals surface area contributed by atoms with Crippen molar-refractivity contribution in [3.05, 3.63) is 106 Å². The molecule has 0 heterocycles. The summed E-state index contributed by atoms with van der Waals surface area (Å²) in [6, 6.07) is 22.6. The van der Waals surface area contributed by atoms with Gasteiger partial charge in [-0.2, -0.15) is 17.2 Å². The number of carbonyl (C=O) groups excluding carboxylic acids is 1. The van der Waals surface area contributed by atoms with Crippen molar-refractivity contribution in [2.24, 2.45) is 0 Å². The molecule has 0 aromatic heterocycles. The fourth-order valence-electron chi connectivity index (χ4n) is 4.95. The summed E-state index contributed by atoms with van der Waals surface area (Å²) < 4.78 is 63.5. The lowest BCUT2D eigenvalue weighted by Gasteiger charge is -2.50. The molecule has 0 fully saturated rings. The van der Waals surface area contributed by atoms with E-state index in [1.165, 1.54) is 0 Å². The number of esters is 1. The average Bonchev–Trinajstić information content (AvgIpc) is 2.76. The lowest BCUT2D eigenvalue weighted by molar-refractivity contribution is -0.162. The van der Waals surface area contributed by atoms with Crippen molar-refractivity contribution in [2.45, 2.75) is 16.6 Å². The summed E-state index contributed by atoms with van der Waals surface area (Å²) in [4.78, 5) is 12.0. The van der Waals surface area contributed by atoms with Crippen molar-refractivity contribution in [1.29, 1.82) is 0 Å². The number of carbonyl (C=O) groups is 1. The van der Waals surface area contributed by atoms with Gasteiger partial charge in [-0.1, -0.05) is 72.8 Å². The normalized spacial score (nSPS) is 21.1. The third kappa shape index (κ3) is 2.55. The maximum absolute atomic E-state index is 13.9. The molecule has 2 bridgehead atoms. The van der Waals surface area contributed by atoms with E-state index in [1.54, 1.807) is 0 Å². The van der Waals surface area contributed by atoms with Crippen LogP contribution in [0.15, 0.2) is 72.8 Å². The second-order valence-corrected chi connectivity index (χ2v) is 9.13. The monoisotopic (exact) mass is 442 g/mol. The standard InChI is InChI=1S/C23H16F2O5S/c24-23(25,31(27,28)29)21(26)30-13-22-17-10-4-1-7-14(17)20(15-8-2-5-11-18(15)22)16-9-3-6-12-19(16)22/h1-12,20H,13H2,(H,27,28,29). The molecule has 3 aliphatic carbocycles. The summed E-state index contributed by atoms with van der Waals surface area (Å²) in [7, 11) is -5.96. The number of ether oxygens (including phenoxy) is 1. The number of halogens is 2. The number of benzene rings is 3. The molecular formula is C23H16F2O5S. The van der Waals surface area contributed by atoms with Crippen molar-refractivity contribution in [3.63, 3.8) is 0 Å². The van der Waals surface area contributed by atoms with Gasteiger partial charge in [-0.15, -0.1) is 0 Å². The first-order valence-corrected chi connectivity index (χ1v) is 10.9. The summed E-state index contributed by atoms with van der Waals surface area (Å²) in [5.41, 5.74) is 4.23. The first kappa shape index (κ1) is 19.8. The first-order chi connectivity index (χ1) is 14.7. The quantitative estimate of drug-likeness (QED) is 0.490. The van der Waals surface area contributed by atoms with E-state index < -0.39 is 33.4 Å². The van der Waals surface area contributed by atoms with E-state index in [9.17, 15) is 22.0 Å². The zero-order chi connectivity index (χ0) is 22.0. The van der Waals surface area contributed by atoms with E-state index in [2.05, 4.69) is 0 Å². The van der Waals surface area contributed by atoms with Gasteiger partial charge in [0, 0.05) is 5.92 Å². The average molecular weight is 442 g/mol. The molecule has 6 rings (SSSR count). The highest BCUT2D eigenvalue weighted by Crippen LogP contribution is 2.59. The SMILES string of the molecule is O=C(OCC12c3ccccc3C(c3ccccc31)c1ccccc12)C(F)(F)S(=O)(=O)O. The van der Waals surface area contributed by atoms with Gasteiger partial charge in [0.2, 0.25) is 0 Å². The molecule has 3 aromatic rings. The van der Waals surface area contributed by atoms with Crippen LogP contribution in [-0.4, -0.2) is 30.8 Å². The minimum Gasteiger partial charge on any atom is -0.459 e. The Labute approximate surface area is 177 Å². The Hall–Kier alpha value is -3.10. The van der Waals surface area contributed by atoms with Crippen molar-refractivity contribution in [1.82, 2.24) is 0 Å². The fourth-order valence-corrected chi connectivity index (χ4v) is 5.22. The second kappa shape index (κ2) is 6.45. The molecule has 3 aromatic carbocycles. The van der Waals surface area contributed by atoms with Crippen LogP contribution in [0.2, 0.25) is 0 Å². The van der Waals surface area contributed by atoms with Crippen molar-refractivity contribution in [2.75, 3.05) is 6.61 Å². The molecule has 0 amide bonds. The number of rotatable bonds is 4. The first-order valence-electron chi connectivity index (χ1n) is 9.50. The van der Waals surface area contributed by atoms with Gasteiger partial charge in [-0.05, 0) is 33.4 Å². The Kier molecular flexibility index (Phi) is 4.13. The predicted molar refractivity (Wildman–Crippen MR) is 108 cm³/mol. The van der Waals surface area contributed by atoms with E-state index >= 15 is 0 Å². The molecule has 0 saturated heterocycles.